The second-order valence-electron chi connectivity index (χ2n) is 3.68. The third-order valence-electron chi connectivity index (χ3n) is 2.04. The molecule has 0 spiro atoms. The minimum absolute atomic E-state index is 0.296. The summed E-state index contributed by atoms with van der Waals surface area (Å²) >= 11 is 0. The van der Waals surface area contributed by atoms with E-state index in [1.807, 2.05) is 0 Å². The number of rotatable bonds is 4. The molecule has 0 saturated carbocycles. The van der Waals surface area contributed by atoms with Gasteiger partial charge in [-0.2, -0.15) is 0 Å². The number of aldehydes is 1. The van der Waals surface area contributed by atoms with Crippen LogP contribution >= 0.6 is 0 Å². The van der Waals surface area contributed by atoms with Gasteiger partial charge in [-0.1, -0.05) is 0 Å². The summed E-state index contributed by atoms with van der Waals surface area (Å²) in [5, 5.41) is 9.55. The molecule has 1 heterocycles. The molecule has 1 rings (SSSR count). The van der Waals surface area contributed by atoms with Gasteiger partial charge in [-0.15, -0.1) is 0 Å². The van der Waals surface area contributed by atoms with Crippen molar-refractivity contribution in [2.45, 2.75) is 44.7 Å². The Balaban J connectivity index is 2.33. The van der Waals surface area contributed by atoms with Gasteiger partial charge in [0, 0.05) is 6.42 Å². The van der Waals surface area contributed by atoms with Gasteiger partial charge >= 0.3 is 0 Å². The Morgan fingerprint density at radius 2 is 2.38 bits per heavy atom. The van der Waals surface area contributed by atoms with E-state index in [0.717, 1.165) is 6.29 Å². The van der Waals surface area contributed by atoms with Gasteiger partial charge in [-0.25, -0.2) is 0 Å². The van der Waals surface area contributed by atoms with Gasteiger partial charge in [-0.3, -0.25) is 0 Å². The highest BCUT2D eigenvalue weighted by Gasteiger charge is 2.36. The Hall–Kier alpha value is -0.450. The summed E-state index contributed by atoms with van der Waals surface area (Å²) in [6, 6.07) is 0. The molecule has 13 heavy (non-hydrogen) atoms. The lowest BCUT2D eigenvalue weighted by Crippen LogP contribution is -2.30. The van der Waals surface area contributed by atoms with E-state index in [1.165, 1.54) is 0 Å². The van der Waals surface area contributed by atoms with Crippen LogP contribution in [0.25, 0.3) is 0 Å². The number of carbonyl (C=O) groups excluding carboxylic acids is 1. The Bertz CT molecular complexity index is 178. The molecule has 0 aromatic rings. The number of ether oxygens (including phenoxy) is 2. The van der Waals surface area contributed by atoms with E-state index < -0.39 is 11.9 Å². The van der Waals surface area contributed by atoms with Gasteiger partial charge in [-0.05, 0) is 20.3 Å². The molecule has 1 saturated heterocycles. The Labute approximate surface area is 77.8 Å². The number of aliphatic hydroxyl groups excluding tert-OH is 1. The average Bonchev–Trinajstić information content (AvgIpc) is 2.42. The van der Waals surface area contributed by atoms with Crippen LogP contribution in [-0.2, 0) is 14.3 Å². The first kappa shape index (κ1) is 10.6. The van der Waals surface area contributed by atoms with Gasteiger partial charge in [0.15, 0.2) is 5.79 Å². The number of hydrogen-bond donors (Lipinski definition) is 1. The zero-order chi connectivity index (χ0) is 9.90. The van der Waals surface area contributed by atoms with Crippen LogP contribution in [0.5, 0.6) is 0 Å². The van der Waals surface area contributed by atoms with Crippen molar-refractivity contribution in [1.82, 2.24) is 0 Å². The predicted molar refractivity (Wildman–Crippen MR) is 46.2 cm³/mol. The molecule has 0 aromatic heterocycles. The Morgan fingerprint density at radius 3 is 2.85 bits per heavy atom. The van der Waals surface area contributed by atoms with Crippen LogP contribution in [0, 0.1) is 0 Å². The van der Waals surface area contributed by atoms with Crippen molar-refractivity contribution in [2.24, 2.45) is 0 Å². The van der Waals surface area contributed by atoms with Crippen LogP contribution in [0.1, 0.15) is 26.7 Å². The number of aliphatic hydroxyl groups is 1. The lowest BCUT2D eigenvalue weighted by atomic mass is 10.1. The lowest BCUT2D eigenvalue weighted by molar-refractivity contribution is -0.151. The van der Waals surface area contributed by atoms with E-state index in [1.54, 1.807) is 13.8 Å². The van der Waals surface area contributed by atoms with Crippen LogP contribution in [0.4, 0.5) is 0 Å². The Kier molecular flexibility index (Phi) is 3.41. The summed E-state index contributed by atoms with van der Waals surface area (Å²) in [5.74, 6) is -0.604. The van der Waals surface area contributed by atoms with Crippen molar-refractivity contribution >= 4 is 6.29 Å². The maximum Gasteiger partial charge on any atom is 0.163 e. The van der Waals surface area contributed by atoms with Crippen molar-refractivity contribution in [3.8, 4) is 0 Å². The first-order valence-corrected chi connectivity index (χ1v) is 4.48. The molecule has 4 nitrogen and oxygen atoms in total. The fourth-order valence-electron chi connectivity index (χ4n) is 1.33. The van der Waals surface area contributed by atoms with Crippen molar-refractivity contribution in [3.63, 3.8) is 0 Å². The topological polar surface area (TPSA) is 55.8 Å². The van der Waals surface area contributed by atoms with Gasteiger partial charge < -0.3 is 19.4 Å². The highest BCUT2D eigenvalue weighted by atomic mass is 16.7. The molecule has 76 valence electrons. The lowest BCUT2D eigenvalue weighted by Gasteiger charge is -2.19. The van der Waals surface area contributed by atoms with Crippen LogP contribution in [0.2, 0.25) is 0 Å². The van der Waals surface area contributed by atoms with Crippen molar-refractivity contribution < 1.29 is 19.4 Å². The van der Waals surface area contributed by atoms with Gasteiger partial charge in [0.05, 0.1) is 12.7 Å². The number of carbonyl (C=O) groups is 1. The molecule has 2 atom stereocenters. The molecule has 0 aliphatic carbocycles. The molecule has 0 aromatic carbocycles. The molecular weight excluding hydrogens is 172 g/mol. The molecular formula is C9H16O4. The minimum atomic E-state index is -0.605. The fourth-order valence-corrected chi connectivity index (χ4v) is 1.33. The first-order valence-electron chi connectivity index (χ1n) is 4.48. The van der Waals surface area contributed by atoms with Crippen LogP contribution < -0.4 is 0 Å². The van der Waals surface area contributed by atoms with Gasteiger partial charge in [0.25, 0.3) is 0 Å². The maximum absolute atomic E-state index is 10.1. The maximum atomic E-state index is 10.1. The van der Waals surface area contributed by atoms with Crippen LogP contribution in [-0.4, -0.2) is 36.0 Å². The smallest absolute Gasteiger partial charge is 0.163 e. The van der Waals surface area contributed by atoms with E-state index in [2.05, 4.69) is 0 Å². The minimum Gasteiger partial charge on any atom is -0.390 e. The van der Waals surface area contributed by atoms with Crippen molar-refractivity contribution in [2.75, 3.05) is 6.61 Å². The second kappa shape index (κ2) is 4.17. The summed E-state index contributed by atoms with van der Waals surface area (Å²) < 4.78 is 10.7. The van der Waals surface area contributed by atoms with Crippen LogP contribution in [0.15, 0.2) is 0 Å². The third kappa shape index (κ3) is 3.06. The van der Waals surface area contributed by atoms with E-state index in [0.29, 0.717) is 19.4 Å². The monoisotopic (exact) mass is 188 g/mol. The molecule has 1 aliphatic heterocycles. The molecule has 0 radical (unpaired) electrons. The zero-order valence-electron chi connectivity index (χ0n) is 8.03. The van der Waals surface area contributed by atoms with E-state index in [4.69, 9.17) is 9.47 Å². The van der Waals surface area contributed by atoms with E-state index >= 15 is 0 Å². The molecule has 1 N–H and O–H groups in total. The predicted octanol–water partition coefficient (Wildman–Crippen LogP) is 0.478. The van der Waals surface area contributed by atoms with Crippen molar-refractivity contribution in [3.05, 3.63) is 0 Å². The van der Waals surface area contributed by atoms with Crippen LogP contribution in [0.3, 0.4) is 0 Å². The SMILES string of the molecule is CC1(C)OCC(C(O)CCC=O)O1. The first-order chi connectivity index (χ1) is 6.05. The number of hydrogen-bond acceptors (Lipinski definition) is 4. The molecule has 2 unspecified atom stereocenters. The molecule has 0 bridgehead atoms. The van der Waals surface area contributed by atoms with E-state index in [-0.39, 0.29) is 6.10 Å². The second-order valence-corrected chi connectivity index (χ2v) is 3.68. The quantitative estimate of drug-likeness (QED) is 0.652. The summed E-state index contributed by atoms with van der Waals surface area (Å²) in [7, 11) is 0. The van der Waals surface area contributed by atoms with Crippen molar-refractivity contribution in [1.29, 1.82) is 0 Å². The summed E-state index contributed by atoms with van der Waals surface area (Å²) in [4.78, 5) is 10.1. The van der Waals surface area contributed by atoms with Gasteiger partial charge in [0.1, 0.15) is 12.4 Å². The normalized spacial score (nSPS) is 28.7. The third-order valence-corrected chi connectivity index (χ3v) is 2.04. The molecule has 1 aliphatic rings. The zero-order valence-corrected chi connectivity index (χ0v) is 8.03. The van der Waals surface area contributed by atoms with Gasteiger partial charge in [0.2, 0.25) is 0 Å². The average molecular weight is 188 g/mol. The molecule has 4 heteroatoms. The summed E-state index contributed by atoms with van der Waals surface area (Å²) in [6.45, 7) is 4.01. The molecule has 0 amide bonds. The highest BCUT2D eigenvalue weighted by molar-refractivity contribution is 5.49. The summed E-state index contributed by atoms with van der Waals surface area (Å²) in [6.07, 6.45) is 0.695. The largest absolute Gasteiger partial charge is 0.390 e. The van der Waals surface area contributed by atoms with E-state index in [9.17, 15) is 9.90 Å². The molecule has 1 fully saturated rings. The summed E-state index contributed by atoms with van der Waals surface area (Å²) in [5.41, 5.74) is 0. The fraction of sp³-hybridized carbons (Fsp3) is 0.889. The Morgan fingerprint density at radius 1 is 1.69 bits per heavy atom. The standard InChI is InChI=1S/C9H16O4/c1-9(2)12-6-8(13-9)7(11)4-3-5-10/h5,7-8,11H,3-4,6H2,1-2H3. The highest BCUT2D eigenvalue weighted by Crippen LogP contribution is 2.25.